The van der Waals surface area contributed by atoms with Gasteiger partial charge in [0.2, 0.25) is 0 Å². The average Bonchev–Trinajstić information content (AvgIpc) is 0.767. The molecule has 0 aromatic heterocycles. The van der Waals surface area contributed by atoms with Crippen molar-refractivity contribution >= 4 is 81.5 Å². The minimum absolute atomic E-state index is 0.0857. The molecule has 4 aliphatic carbocycles. The Labute approximate surface area is 515 Å². The van der Waals surface area contributed by atoms with Gasteiger partial charge in [-0.05, 0) is 122 Å². The van der Waals surface area contributed by atoms with E-state index in [9.17, 15) is 5.26 Å². The van der Waals surface area contributed by atoms with Crippen molar-refractivity contribution in [3.63, 3.8) is 0 Å². The van der Waals surface area contributed by atoms with E-state index in [1.165, 1.54) is 82.0 Å². The smallest absolute Gasteiger partial charge is 0.189 e. The van der Waals surface area contributed by atoms with E-state index >= 15 is 0 Å². The lowest BCUT2D eigenvalue weighted by Crippen LogP contribution is -2.38. The topological polar surface area (TPSA) is 34.6 Å². The molecule has 0 N–H and O–H groups in total. The first-order valence-electron chi connectivity index (χ1n) is 30.3. The second kappa shape index (κ2) is 22.3. The molecular formula is C78H76N4Si4. The molecule has 8 aromatic rings. The fourth-order valence-electron chi connectivity index (χ4n) is 12.7. The number of hydrogen-bond acceptors (Lipinski definition) is 3. The number of hydrogen-bond donors (Lipinski definition) is 0. The van der Waals surface area contributed by atoms with Gasteiger partial charge in [0.1, 0.15) is 0 Å². The Balaban J connectivity index is 1.04. The number of nitrogens with zero attached hydrogens (tertiary/aromatic N) is 4. The highest BCUT2D eigenvalue weighted by Crippen LogP contribution is 2.53. The summed E-state index contributed by atoms with van der Waals surface area (Å²) in [7, 11) is -6.69. The van der Waals surface area contributed by atoms with E-state index in [1.807, 2.05) is 24.3 Å². The van der Waals surface area contributed by atoms with Crippen molar-refractivity contribution in [2.45, 2.75) is 84.6 Å². The molecule has 424 valence electrons. The molecule has 0 radical (unpaired) electrons. The quantitative estimate of drug-likeness (QED) is 0.0804. The Kier molecular flexibility index (Phi) is 15.0. The van der Waals surface area contributed by atoms with Gasteiger partial charge in [-0.3, -0.25) is 0 Å². The molecule has 0 spiro atoms. The summed E-state index contributed by atoms with van der Waals surface area (Å²) in [5, 5.41) is 16.2. The van der Waals surface area contributed by atoms with Crippen molar-refractivity contribution in [3.8, 4) is 50.6 Å². The summed E-state index contributed by atoms with van der Waals surface area (Å²) in [6.07, 6.45) is 18.7. The van der Waals surface area contributed by atoms with Crippen molar-refractivity contribution in [2.75, 3.05) is 9.80 Å². The van der Waals surface area contributed by atoms with Crippen LogP contribution in [0.1, 0.15) is 5.56 Å². The normalized spacial score (nSPS) is 16.3. The summed E-state index contributed by atoms with van der Waals surface area (Å²) >= 11 is 0. The van der Waals surface area contributed by atoms with E-state index < -0.39 is 32.3 Å². The van der Waals surface area contributed by atoms with E-state index in [1.54, 1.807) is 0 Å². The van der Waals surface area contributed by atoms with Crippen LogP contribution in [-0.2, 0) is 0 Å². The molecule has 0 bridgehead atoms. The summed E-state index contributed by atoms with van der Waals surface area (Å²) < 4.78 is 0. The fraction of sp³-hybridized carbons (Fsp3) is 0.179. The summed E-state index contributed by atoms with van der Waals surface area (Å²) in [6, 6.07) is 69.6. The van der Waals surface area contributed by atoms with Gasteiger partial charge in [-0.1, -0.05) is 269 Å². The Bertz CT molecular complexity index is 4390. The van der Waals surface area contributed by atoms with Gasteiger partial charge in [0, 0.05) is 34.1 Å². The molecule has 0 saturated heterocycles. The van der Waals surface area contributed by atoms with Gasteiger partial charge in [-0.25, -0.2) is 4.85 Å². The maximum atomic E-state index is 10.5. The van der Waals surface area contributed by atoms with Crippen LogP contribution in [0.4, 0.5) is 28.4 Å². The second-order valence-electron chi connectivity index (χ2n) is 27.7. The van der Waals surface area contributed by atoms with Crippen LogP contribution < -0.4 is 30.5 Å². The minimum atomic E-state index is -1.73. The van der Waals surface area contributed by atoms with Gasteiger partial charge in [0.05, 0.1) is 67.9 Å². The van der Waals surface area contributed by atoms with Crippen LogP contribution in [0.5, 0.6) is 0 Å². The Morgan fingerprint density at radius 3 is 1.51 bits per heavy atom. The Morgan fingerprint density at radius 1 is 0.453 bits per heavy atom. The van der Waals surface area contributed by atoms with Crippen molar-refractivity contribution < 1.29 is 0 Å². The zero-order valence-electron chi connectivity index (χ0n) is 51.9. The van der Waals surface area contributed by atoms with Crippen LogP contribution in [0.3, 0.4) is 0 Å². The highest BCUT2D eigenvalue weighted by molar-refractivity contribution is 6.90. The number of nitriles is 1. The third-order valence-corrected chi connectivity index (χ3v) is 25.8. The van der Waals surface area contributed by atoms with Crippen LogP contribution in [0.2, 0.25) is 78.6 Å². The molecule has 0 saturated carbocycles. The van der Waals surface area contributed by atoms with Gasteiger partial charge in [-0.15, -0.1) is 0 Å². The molecule has 4 aliphatic rings. The predicted molar refractivity (Wildman–Crippen MR) is 380 cm³/mol. The third-order valence-electron chi connectivity index (χ3n) is 17.6. The van der Waals surface area contributed by atoms with E-state index in [0.717, 1.165) is 39.6 Å². The molecule has 4 nitrogen and oxygen atoms in total. The molecule has 0 heterocycles. The van der Waals surface area contributed by atoms with Crippen LogP contribution in [0, 0.1) is 23.8 Å². The summed E-state index contributed by atoms with van der Waals surface area (Å²) in [4.78, 5) is 8.94. The summed E-state index contributed by atoms with van der Waals surface area (Å²) in [6.45, 7) is 37.3. The Morgan fingerprint density at radius 2 is 0.953 bits per heavy atom. The molecule has 0 fully saturated rings. The van der Waals surface area contributed by atoms with Gasteiger partial charge < -0.3 is 9.80 Å². The van der Waals surface area contributed by atoms with E-state index in [4.69, 9.17) is 6.57 Å². The summed E-state index contributed by atoms with van der Waals surface area (Å²) in [5.41, 5.74) is 21.9. The molecule has 2 atom stereocenters. The monoisotopic (exact) mass is 1180 g/mol. The van der Waals surface area contributed by atoms with Gasteiger partial charge in [-0.2, -0.15) is 5.26 Å². The first-order valence-corrected chi connectivity index (χ1v) is 44.3. The lowest BCUT2D eigenvalue weighted by Gasteiger charge is -2.44. The first-order chi connectivity index (χ1) is 41.0. The maximum Gasteiger partial charge on any atom is 0.189 e. The molecule has 8 aromatic carbocycles. The SMILES string of the molecule is [C-]#[N+]c1cccc(N(C2=C3C=CC4=C5C(=CC=C(C=C2)C35)C(N(c2cccc(C#N)c2)c2ccc(-c3cccc([Si](C)(C)C)c3)cc2-c2cccc([Si](C)(C)C)c2)C=C4)c2ccc(-c3cccc([Si](C)(C)C)c3)cc2-c2cccc([Si](C)(C)C)c2)c1. The average molecular weight is 1180 g/mol. The molecule has 8 heteroatoms. The van der Waals surface area contributed by atoms with Gasteiger partial charge in [0.25, 0.3) is 0 Å². The molecular weight excluding hydrogens is 1110 g/mol. The minimum Gasteiger partial charge on any atom is -0.330 e. The highest BCUT2D eigenvalue weighted by Gasteiger charge is 2.41. The van der Waals surface area contributed by atoms with E-state index in [0.29, 0.717) is 11.3 Å². The molecule has 2 unspecified atom stereocenters. The largest absolute Gasteiger partial charge is 0.330 e. The standard InChI is InChI=1S/C78H76N4Si4/c1-80-62-25-19-27-64(51-62)82(76-43-37-59(57-22-16-29-66(46-57)84(5,6)7)50-72(76)61-24-18-31-68(48-61)86(11,12)13)74-41-35-55-32-38-69-73(40-34-54-33-39-70(74)78(55)77(54)69)81(63-26-14-20-53(44-63)52-79)75-42-36-58(56-21-15-28-65(45-56)83(2,3)4)49-71(75)60-23-17-30-67(47-60)85(8,9)10/h14-51,73,78H,2-13H3. The van der Waals surface area contributed by atoms with Crippen molar-refractivity contribution in [1.82, 2.24) is 0 Å². The molecule has 12 rings (SSSR count). The summed E-state index contributed by atoms with van der Waals surface area (Å²) in [5.74, 6) is -0.0857. The Hall–Kier alpha value is -8.61. The maximum absolute atomic E-state index is 10.5. The zero-order valence-corrected chi connectivity index (χ0v) is 55.9. The highest BCUT2D eigenvalue weighted by atomic mass is 28.3. The number of rotatable bonds is 14. The molecule has 0 amide bonds. The predicted octanol–water partition coefficient (Wildman–Crippen LogP) is 19.0. The number of benzene rings is 8. The van der Waals surface area contributed by atoms with Crippen LogP contribution in [-0.4, -0.2) is 38.3 Å². The van der Waals surface area contributed by atoms with Crippen molar-refractivity contribution in [1.29, 1.82) is 5.26 Å². The fourth-order valence-corrected chi connectivity index (χ4v) is 17.5. The van der Waals surface area contributed by atoms with E-state index in [-0.39, 0.29) is 12.0 Å². The zero-order chi connectivity index (χ0) is 60.5. The van der Waals surface area contributed by atoms with Crippen LogP contribution in [0.15, 0.2) is 264 Å². The van der Waals surface area contributed by atoms with Crippen molar-refractivity contribution in [2.24, 2.45) is 5.92 Å². The van der Waals surface area contributed by atoms with Gasteiger partial charge in [0.15, 0.2) is 5.69 Å². The number of anilines is 4. The van der Waals surface area contributed by atoms with Crippen molar-refractivity contribution in [3.05, 3.63) is 281 Å². The van der Waals surface area contributed by atoms with E-state index in [2.05, 4.69) is 306 Å². The molecule has 86 heavy (non-hydrogen) atoms. The number of allylic oxidation sites excluding steroid dienone is 10. The lowest BCUT2D eigenvalue weighted by atomic mass is 9.67. The molecule has 0 aliphatic heterocycles. The first kappa shape index (κ1) is 57.8. The van der Waals surface area contributed by atoms with Crippen LogP contribution >= 0.6 is 0 Å². The lowest BCUT2D eigenvalue weighted by molar-refractivity contribution is 0.773. The second-order valence-corrected chi connectivity index (χ2v) is 48.0. The van der Waals surface area contributed by atoms with Gasteiger partial charge >= 0.3 is 0 Å². The third kappa shape index (κ3) is 11.2. The van der Waals surface area contributed by atoms with Crippen LogP contribution in [0.25, 0.3) is 49.4 Å².